The molecule has 3 rings (SSSR count). The molecule has 0 spiro atoms. The Labute approximate surface area is 96.6 Å². The highest BCUT2D eigenvalue weighted by atomic mass is 35.5. The molecule has 4 heteroatoms. The molecule has 0 fully saturated rings. The Kier molecular flexibility index (Phi) is 1.85. The molecule has 0 aliphatic heterocycles. The molecule has 0 unspecified atom stereocenters. The lowest BCUT2D eigenvalue weighted by atomic mass is 10.2. The highest BCUT2D eigenvalue weighted by Gasteiger charge is 2.11. The number of H-pyrrole nitrogens is 1. The lowest BCUT2D eigenvalue weighted by molar-refractivity contribution is 0.111. The first-order valence-corrected chi connectivity index (χ1v) is 5.30. The molecule has 2 heterocycles. The second kappa shape index (κ2) is 3.12. The minimum atomic E-state index is 0.656. The van der Waals surface area contributed by atoms with Crippen LogP contribution in [0.1, 0.15) is 10.5 Å². The third-order valence-corrected chi connectivity index (χ3v) is 3.15. The van der Waals surface area contributed by atoms with E-state index in [0.29, 0.717) is 10.7 Å². The van der Waals surface area contributed by atoms with Crippen molar-refractivity contribution >= 4 is 39.8 Å². The van der Waals surface area contributed by atoms with Gasteiger partial charge >= 0.3 is 0 Å². The molecule has 0 radical (unpaired) electrons. The van der Waals surface area contributed by atoms with Crippen LogP contribution in [0.2, 0.25) is 5.02 Å². The molecule has 0 aliphatic carbocycles. The quantitative estimate of drug-likeness (QED) is 0.643. The summed E-state index contributed by atoms with van der Waals surface area (Å²) >= 11 is 5.97. The minimum Gasteiger partial charge on any atom is -0.341 e. The van der Waals surface area contributed by atoms with Gasteiger partial charge in [0.2, 0.25) is 0 Å². The number of aromatic amines is 1. The Bertz CT molecular complexity index is 709. The van der Waals surface area contributed by atoms with Crippen molar-refractivity contribution in [3.05, 3.63) is 35.0 Å². The van der Waals surface area contributed by atoms with Crippen molar-refractivity contribution in [1.82, 2.24) is 9.55 Å². The average Bonchev–Trinajstić information content (AvgIpc) is 2.77. The molecule has 16 heavy (non-hydrogen) atoms. The molecule has 1 aromatic carbocycles. The van der Waals surface area contributed by atoms with Crippen LogP contribution < -0.4 is 0 Å². The summed E-state index contributed by atoms with van der Waals surface area (Å²) in [5, 5.41) is 2.78. The van der Waals surface area contributed by atoms with Gasteiger partial charge in [0.1, 0.15) is 5.65 Å². The number of nitrogens with one attached hydrogen (secondary N) is 1. The number of carbonyl (C=O) groups excluding carboxylic acids is 1. The molecule has 80 valence electrons. The van der Waals surface area contributed by atoms with Crippen LogP contribution in [0.5, 0.6) is 0 Å². The first kappa shape index (κ1) is 9.48. The van der Waals surface area contributed by atoms with Gasteiger partial charge in [0, 0.05) is 28.4 Å². The van der Waals surface area contributed by atoms with Gasteiger partial charge in [0.15, 0.2) is 6.29 Å². The van der Waals surface area contributed by atoms with Crippen molar-refractivity contribution in [1.29, 1.82) is 0 Å². The Morgan fingerprint density at radius 3 is 2.88 bits per heavy atom. The van der Waals surface area contributed by atoms with Crippen LogP contribution in [-0.2, 0) is 7.05 Å². The zero-order valence-electron chi connectivity index (χ0n) is 8.62. The number of aldehydes is 1. The second-order valence-corrected chi connectivity index (χ2v) is 4.26. The van der Waals surface area contributed by atoms with Gasteiger partial charge in [-0.05, 0) is 24.3 Å². The molecule has 2 aromatic heterocycles. The van der Waals surface area contributed by atoms with Gasteiger partial charge < -0.3 is 9.55 Å². The van der Waals surface area contributed by atoms with E-state index in [0.717, 1.165) is 28.2 Å². The lowest BCUT2D eigenvalue weighted by Crippen LogP contribution is -1.93. The predicted octanol–water partition coefficient (Wildman–Crippen LogP) is 3.13. The number of halogens is 1. The Hall–Kier alpha value is -1.74. The van der Waals surface area contributed by atoms with Crippen molar-refractivity contribution in [3.8, 4) is 0 Å². The SMILES string of the molecule is Cn1c(C=O)cc2c3cc(Cl)ccc3[nH]c21. The third kappa shape index (κ3) is 1.12. The van der Waals surface area contributed by atoms with Gasteiger partial charge in [0.25, 0.3) is 0 Å². The maximum Gasteiger partial charge on any atom is 0.166 e. The lowest BCUT2D eigenvalue weighted by Gasteiger charge is -1.94. The third-order valence-electron chi connectivity index (χ3n) is 2.92. The van der Waals surface area contributed by atoms with Crippen molar-refractivity contribution in [2.75, 3.05) is 0 Å². The highest BCUT2D eigenvalue weighted by Crippen LogP contribution is 2.29. The van der Waals surface area contributed by atoms with Crippen LogP contribution in [0.15, 0.2) is 24.3 Å². The second-order valence-electron chi connectivity index (χ2n) is 3.82. The fourth-order valence-corrected chi connectivity index (χ4v) is 2.24. The van der Waals surface area contributed by atoms with Crippen molar-refractivity contribution < 1.29 is 4.79 Å². The fraction of sp³-hybridized carbons (Fsp3) is 0.0833. The van der Waals surface area contributed by atoms with E-state index in [4.69, 9.17) is 11.6 Å². The fourth-order valence-electron chi connectivity index (χ4n) is 2.07. The summed E-state index contributed by atoms with van der Waals surface area (Å²) in [6.45, 7) is 0. The number of hydrogen-bond donors (Lipinski definition) is 1. The van der Waals surface area contributed by atoms with Crippen LogP contribution in [0.25, 0.3) is 21.9 Å². The Morgan fingerprint density at radius 2 is 2.12 bits per heavy atom. The molecule has 0 atom stereocenters. The van der Waals surface area contributed by atoms with E-state index in [1.165, 1.54) is 0 Å². The zero-order chi connectivity index (χ0) is 11.3. The molecule has 0 saturated heterocycles. The van der Waals surface area contributed by atoms with Gasteiger partial charge in [0.05, 0.1) is 5.69 Å². The normalized spacial score (nSPS) is 11.4. The molecule has 0 saturated carbocycles. The Morgan fingerprint density at radius 1 is 1.31 bits per heavy atom. The molecule has 3 aromatic rings. The van der Waals surface area contributed by atoms with Crippen molar-refractivity contribution in [3.63, 3.8) is 0 Å². The average molecular weight is 233 g/mol. The number of fused-ring (bicyclic) bond motifs is 3. The number of aryl methyl sites for hydroxylation is 1. The summed E-state index contributed by atoms with van der Waals surface area (Å²) in [6, 6.07) is 7.57. The summed E-state index contributed by atoms with van der Waals surface area (Å²) < 4.78 is 1.84. The summed E-state index contributed by atoms with van der Waals surface area (Å²) in [7, 11) is 1.86. The number of hydrogen-bond acceptors (Lipinski definition) is 1. The monoisotopic (exact) mass is 232 g/mol. The largest absolute Gasteiger partial charge is 0.341 e. The molecule has 0 amide bonds. The molecular weight excluding hydrogens is 224 g/mol. The summed E-state index contributed by atoms with van der Waals surface area (Å²) in [5.74, 6) is 0. The van der Waals surface area contributed by atoms with Gasteiger partial charge in [-0.3, -0.25) is 4.79 Å². The number of rotatable bonds is 1. The molecule has 1 N–H and O–H groups in total. The van der Waals surface area contributed by atoms with Crippen molar-refractivity contribution in [2.45, 2.75) is 0 Å². The van der Waals surface area contributed by atoms with E-state index in [1.54, 1.807) is 0 Å². The van der Waals surface area contributed by atoms with E-state index in [2.05, 4.69) is 4.98 Å². The summed E-state index contributed by atoms with van der Waals surface area (Å²) in [6.07, 6.45) is 0.851. The van der Waals surface area contributed by atoms with Crippen LogP contribution >= 0.6 is 11.6 Å². The van der Waals surface area contributed by atoms with E-state index >= 15 is 0 Å². The van der Waals surface area contributed by atoms with Crippen molar-refractivity contribution in [2.24, 2.45) is 7.05 Å². The predicted molar refractivity (Wildman–Crippen MR) is 65.2 cm³/mol. The van der Waals surface area contributed by atoms with Gasteiger partial charge in [-0.2, -0.15) is 0 Å². The number of benzene rings is 1. The Balaban J connectivity index is 2.51. The minimum absolute atomic E-state index is 0.656. The number of carbonyl (C=O) groups is 1. The number of nitrogens with zero attached hydrogens (tertiary/aromatic N) is 1. The summed E-state index contributed by atoms with van der Waals surface area (Å²) in [5.41, 5.74) is 2.63. The van der Waals surface area contributed by atoms with Gasteiger partial charge in [-0.25, -0.2) is 0 Å². The van der Waals surface area contributed by atoms with E-state index in [9.17, 15) is 4.79 Å². The smallest absolute Gasteiger partial charge is 0.166 e. The highest BCUT2D eigenvalue weighted by molar-refractivity contribution is 6.31. The molecular formula is C12H9ClN2O. The zero-order valence-corrected chi connectivity index (χ0v) is 9.38. The maximum atomic E-state index is 10.8. The molecule has 3 nitrogen and oxygen atoms in total. The van der Waals surface area contributed by atoms with Gasteiger partial charge in [-0.15, -0.1) is 0 Å². The maximum absolute atomic E-state index is 10.8. The molecule has 0 aliphatic rings. The van der Waals surface area contributed by atoms with Crippen LogP contribution in [-0.4, -0.2) is 15.8 Å². The van der Waals surface area contributed by atoms with Crippen LogP contribution in [0, 0.1) is 0 Å². The number of aromatic nitrogens is 2. The van der Waals surface area contributed by atoms with Crippen LogP contribution in [0.3, 0.4) is 0 Å². The van der Waals surface area contributed by atoms with E-state index in [-0.39, 0.29) is 0 Å². The topological polar surface area (TPSA) is 37.8 Å². The molecule has 0 bridgehead atoms. The first-order valence-electron chi connectivity index (χ1n) is 4.92. The van der Waals surface area contributed by atoms with E-state index < -0.39 is 0 Å². The van der Waals surface area contributed by atoms with Gasteiger partial charge in [-0.1, -0.05) is 11.6 Å². The summed E-state index contributed by atoms with van der Waals surface area (Å²) in [4.78, 5) is 14.1. The first-order chi connectivity index (χ1) is 7.70. The van der Waals surface area contributed by atoms with Crippen LogP contribution in [0.4, 0.5) is 0 Å². The van der Waals surface area contributed by atoms with E-state index in [1.807, 2.05) is 35.9 Å². The standard InChI is InChI=1S/C12H9ClN2O/c1-15-8(6-16)5-10-9-4-7(13)2-3-11(9)14-12(10)15/h2-6,14H,1H3.